The summed E-state index contributed by atoms with van der Waals surface area (Å²) in [5.74, 6) is -1.09. The molecule has 0 aromatic heterocycles. The number of hydrogen-bond donors (Lipinski definition) is 2. The van der Waals surface area contributed by atoms with Crippen LogP contribution in [0, 0.1) is 27.7 Å². The number of nitrogens with one attached hydrogen (secondary N) is 2. The molecule has 2 aromatic carbocycles. The van der Waals surface area contributed by atoms with Gasteiger partial charge in [-0.25, -0.2) is 0 Å². The van der Waals surface area contributed by atoms with Crippen LogP contribution in [0.15, 0.2) is 36.4 Å². The number of carbonyl (C=O) groups excluding carboxylic acids is 1. The molecule has 1 atom stereocenters. The molecule has 0 aliphatic heterocycles. The zero-order valence-corrected chi connectivity index (χ0v) is 18.2. The number of alkyl halides is 4. The first-order valence-corrected chi connectivity index (χ1v) is 10.00. The first-order chi connectivity index (χ1) is 14.5. The van der Waals surface area contributed by atoms with Crippen molar-refractivity contribution in [2.75, 3.05) is 25.1 Å². The van der Waals surface area contributed by atoms with Crippen molar-refractivity contribution >= 4 is 17.7 Å². The van der Waals surface area contributed by atoms with Crippen LogP contribution in [0.3, 0.4) is 0 Å². The minimum absolute atomic E-state index is 0.262. The van der Waals surface area contributed by atoms with Gasteiger partial charge < -0.3 is 10.6 Å². The van der Waals surface area contributed by atoms with E-state index >= 15 is 0 Å². The van der Waals surface area contributed by atoms with Gasteiger partial charge >= 0.3 is 6.18 Å². The predicted octanol–water partition coefficient (Wildman–Crippen LogP) is 5.78. The second-order valence-electron chi connectivity index (χ2n) is 7.72. The third-order valence-electron chi connectivity index (χ3n) is 5.24. The number of aryl methyl sites for hydroxylation is 3. The molecule has 0 fully saturated rings. The van der Waals surface area contributed by atoms with E-state index in [0.717, 1.165) is 27.8 Å². The molecule has 2 aromatic rings. The van der Waals surface area contributed by atoms with Crippen LogP contribution in [0.4, 0.5) is 23.2 Å². The molecule has 0 saturated heterocycles. The van der Waals surface area contributed by atoms with E-state index in [1.807, 2.05) is 63.4 Å². The monoisotopic (exact) mass is 436 g/mol. The molecule has 0 aliphatic rings. The SMILES string of the molecule is Cc1cc(/C=C/C(CF)c2cc(C)c(C)c(C)c2)ccc1NCC(=O)NCC(F)(F)F. The standard InChI is InChI=1S/C24H28F4N2O/c1-15-10-21(11-16(2)18(15)4)20(12-25)7-5-19-6-8-22(17(3)9-19)29-13-23(31)30-14-24(26,27)28/h5-11,20,29H,12-14H2,1-4H3,(H,30,31)/b7-5+. The summed E-state index contributed by atoms with van der Waals surface area (Å²) in [5, 5.41) is 4.65. The maximum atomic E-state index is 13.7. The Morgan fingerprint density at radius 1 is 1.03 bits per heavy atom. The zero-order chi connectivity index (χ0) is 23.2. The molecule has 0 radical (unpaired) electrons. The second-order valence-corrected chi connectivity index (χ2v) is 7.72. The van der Waals surface area contributed by atoms with Gasteiger partial charge in [0, 0.05) is 11.6 Å². The van der Waals surface area contributed by atoms with Gasteiger partial charge in [0.1, 0.15) is 6.54 Å². The van der Waals surface area contributed by atoms with Gasteiger partial charge in [0.2, 0.25) is 5.91 Å². The average Bonchev–Trinajstić information content (AvgIpc) is 2.69. The lowest BCUT2D eigenvalue weighted by atomic mass is 9.92. The summed E-state index contributed by atoms with van der Waals surface area (Å²) >= 11 is 0. The third-order valence-corrected chi connectivity index (χ3v) is 5.24. The number of rotatable bonds is 8. The third kappa shape index (κ3) is 7.42. The van der Waals surface area contributed by atoms with E-state index in [2.05, 4.69) is 5.32 Å². The highest BCUT2D eigenvalue weighted by molar-refractivity contribution is 5.81. The molecule has 3 nitrogen and oxygen atoms in total. The molecule has 7 heteroatoms. The largest absolute Gasteiger partial charge is 0.405 e. The minimum atomic E-state index is -4.44. The van der Waals surface area contributed by atoms with Gasteiger partial charge in [-0.3, -0.25) is 9.18 Å². The van der Waals surface area contributed by atoms with E-state index in [1.54, 1.807) is 12.1 Å². The van der Waals surface area contributed by atoms with Crippen molar-refractivity contribution in [1.82, 2.24) is 5.32 Å². The highest BCUT2D eigenvalue weighted by Gasteiger charge is 2.27. The van der Waals surface area contributed by atoms with Crippen molar-refractivity contribution in [1.29, 1.82) is 0 Å². The van der Waals surface area contributed by atoms with Crippen molar-refractivity contribution in [3.05, 3.63) is 69.8 Å². The Bertz CT molecular complexity index is 928. The normalized spacial score (nSPS) is 12.8. The highest BCUT2D eigenvalue weighted by atomic mass is 19.4. The number of anilines is 1. The van der Waals surface area contributed by atoms with E-state index in [1.165, 1.54) is 5.56 Å². The van der Waals surface area contributed by atoms with Gasteiger partial charge in [-0.2, -0.15) is 13.2 Å². The van der Waals surface area contributed by atoms with Crippen molar-refractivity contribution in [3.63, 3.8) is 0 Å². The van der Waals surface area contributed by atoms with Crippen molar-refractivity contribution < 1.29 is 22.4 Å². The molecule has 168 valence electrons. The molecule has 0 spiro atoms. The lowest BCUT2D eigenvalue weighted by molar-refractivity contribution is -0.137. The lowest BCUT2D eigenvalue weighted by Crippen LogP contribution is -2.37. The van der Waals surface area contributed by atoms with Crippen LogP contribution in [-0.2, 0) is 4.79 Å². The summed E-state index contributed by atoms with van der Waals surface area (Å²) in [6, 6.07) is 9.45. The summed E-state index contributed by atoms with van der Waals surface area (Å²) in [6.45, 7) is 5.78. The molecule has 2 rings (SSSR count). The van der Waals surface area contributed by atoms with Crippen molar-refractivity contribution in [2.24, 2.45) is 0 Å². The van der Waals surface area contributed by atoms with Gasteiger partial charge in [-0.1, -0.05) is 30.4 Å². The zero-order valence-electron chi connectivity index (χ0n) is 18.2. The maximum Gasteiger partial charge on any atom is 0.405 e. The van der Waals surface area contributed by atoms with Crippen LogP contribution in [-0.4, -0.2) is 31.8 Å². The Kier molecular flexibility index (Phi) is 8.25. The summed E-state index contributed by atoms with van der Waals surface area (Å²) in [5.41, 5.74) is 6.73. The second kappa shape index (κ2) is 10.5. The number of hydrogen-bond acceptors (Lipinski definition) is 2. The summed E-state index contributed by atoms with van der Waals surface area (Å²) < 4.78 is 50.1. The number of amides is 1. The van der Waals surface area contributed by atoms with E-state index in [9.17, 15) is 22.4 Å². The molecule has 0 heterocycles. The Balaban J connectivity index is 2.03. The predicted molar refractivity (Wildman–Crippen MR) is 117 cm³/mol. The lowest BCUT2D eigenvalue weighted by Gasteiger charge is -2.14. The Hall–Kier alpha value is -2.83. The quantitative estimate of drug-likeness (QED) is 0.515. The maximum absolute atomic E-state index is 13.7. The number of benzene rings is 2. The molecule has 31 heavy (non-hydrogen) atoms. The Labute approximate surface area is 180 Å². The summed E-state index contributed by atoms with van der Waals surface area (Å²) in [6.07, 6.45) is -0.759. The van der Waals surface area contributed by atoms with E-state index < -0.39 is 25.3 Å². The smallest absolute Gasteiger partial charge is 0.376 e. The Morgan fingerprint density at radius 2 is 1.68 bits per heavy atom. The van der Waals surface area contributed by atoms with E-state index in [4.69, 9.17) is 0 Å². The van der Waals surface area contributed by atoms with Gasteiger partial charge in [0.25, 0.3) is 0 Å². The van der Waals surface area contributed by atoms with Gasteiger partial charge in [0.05, 0.1) is 13.2 Å². The van der Waals surface area contributed by atoms with Gasteiger partial charge in [-0.15, -0.1) is 0 Å². The number of carbonyl (C=O) groups is 1. The van der Waals surface area contributed by atoms with Crippen LogP contribution in [0.1, 0.15) is 39.3 Å². The van der Waals surface area contributed by atoms with E-state index in [0.29, 0.717) is 5.69 Å². The summed E-state index contributed by atoms with van der Waals surface area (Å²) in [7, 11) is 0. The van der Waals surface area contributed by atoms with Gasteiger partial charge in [-0.05, 0) is 73.2 Å². The average molecular weight is 436 g/mol. The van der Waals surface area contributed by atoms with Crippen LogP contribution in [0.2, 0.25) is 0 Å². The molecular weight excluding hydrogens is 408 g/mol. The fourth-order valence-electron chi connectivity index (χ4n) is 3.19. The van der Waals surface area contributed by atoms with Crippen LogP contribution < -0.4 is 10.6 Å². The van der Waals surface area contributed by atoms with Crippen molar-refractivity contribution in [2.45, 2.75) is 39.8 Å². The van der Waals surface area contributed by atoms with E-state index in [-0.39, 0.29) is 12.5 Å². The number of allylic oxidation sites excluding steroid dienone is 1. The topological polar surface area (TPSA) is 41.1 Å². The van der Waals surface area contributed by atoms with Crippen LogP contribution in [0.5, 0.6) is 0 Å². The molecule has 0 saturated carbocycles. The Morgan fingerprint density at radius 3 is 2.23 bits per heavy atom. The molecule has 1 amide bonds. The summed E-state index contributed by atoms with van der Waals surface area (Å²) in [4.78, 5) is 11.5. The van der Waals surface area contributed by atoms with Gasteiger partial charge in [0.15, 0.2) is 0 Å². The molecule has 2 N–H and O–H groups in total. The first-order valence-electron chi connectivity index (χ1n) is 10.00. The highest BCUT2D eigenvalue weighted by Crippen LogP contribution is 2.25. The van der Waals surface area contributed by atoms with Crippen LogP contribution >= 0.6 is 0 Å². The van der Waals surface area contributed by atoms with Crippen LogP contribution in [0.25, 0.3) is 6.08 Å². The fraction of sp³-hybridized carbons (Fsp3) is 0.375. The minimum Gasteiger partial charge on any atom is -0.376 e. The molecule has 0 bridgehead atoms. The fourth-order valence-corrected chi connectivity index (χ4v) is 3.19. The molecular formula is C24H28F4N2O. The van der Waals surface area contributed by atoms with Crippen molar-refractivity contribution in [3.8, 4) is 0 Å². The first kappa shape index (κ1) is 24.4. The molecule has 1 unspecified atom stereocenters. The molecule has 0 aliphatic carbocycles. The number of halogens is 4.